The van der Waals surface area contributed by atoms with Crippen LogP contribution in [-0.2, 0) is 10.3 Å². The first-order valence-electron chi connectivity index (χ1n) is 9.30. The molecule has 0 amide bonds. The summed E-state index contributed by atoms with van der Waals surface area (Å²) in [5, 5.41) is 0. The molecule has 0 bridgehead atoms. The third-order valence-electron chi connectivity index (χ3n) is 5.26. The summed E-state index contributed by atoms with van der Waals surface area (Å²) < 4.78 is 77.2. The van der Waals surface area contributed by atoms with Crippen LogP contribution in [0.1, 0.15) is 18.5 Å². The quantitative estimate of drug-likeness (QED) is 0.423. The van der Waals surface area contributed by atoms with E-state index < -0.39 is 41.8 Å². The smallest absolute Gasteiger partial charge is 0.422 e. The average Bonchev–Trinajstić information content (AvgIpc) is 3.42. The Bertz CT molecular complexity index is 1150. The van der Waals surface area contributed by atoms with Crippen molar-refractivity contribution in [2.45, 2.75) is 24.7 Å². The summed E-state index contributed by atoms with van der Waals surface area (Å²) in [7, 11) is 0. The lowest BCUT2D eigenvalue weighted by Crippen LogP contribution is -2.32. The Hall–Kier alpha value is -3.14. The molecule has 164 valence electrons. The molecule has 1 aromatic heterocycles. The minimum absolute atomic E-state index is 0.0130. The van der Waals surface area contributed by atoms with E-state index in [9.17, 15) is 26.7 Å². The van der Waals surface area contributed by atoms with Gasteiger partial charge in [0, 0.05) is 24.0 Å². The molecule has 0 saturated carbocycles. The van der Waals surface area contributed by atoms with Crippen LogP contribution in [0.25, 0.3) is 5.69 Å². The fourth-order valence-electron chi connectivity index (χ4n) is 3.51. The number of ether oxygens (including phenoxy) is 2. The Morgan fingerprint density at radius 2 is 1.81 bits per heavy atom. The molecule has 5 nitrogen and oxygen atoms in total. The van der Waals surface area contributed by atoms with Gasteiger partial charge < -0.3 is 9.47 Å². The number of nitrogens with zero attached hydrogens (tertiary/aromatic N) is 2. The molecule has 1 saturated heterocycles. The van der Waals surface area contributed by atoms with Crippen LogP contribution in [0.15, 0.2) is 59.7 Å². The van der Waals surface area contributed by atoms with Crippen molar-refractivity contribution in [3.05, 3.63) is 82.5 Å². The molecular weight excluding hydrogens is 423 g/mol. The van der Waals surface area contributed by atoms with Crippen LogP contribution in [0.4, 0.5) is 22.0 Å². The lowest BCUT2D eigenvalue weighted by Gasteiger charge is -2.22. The van der Waals surface area contributed by atoms with Crippen molar-refractivity contribution >= 4 is 0 Å². The summed E-state index contributed by atoms with van der Waals surface area (Å²) in [6.45, 7) is 0.442. The monoisotopic (exact) mass is 440 g/mol. The zero-order valence-corrected chi connectivity index (χ0v) is 16.2. The fourth-order valence-corrected chi connectivity index (χ4v) is 3.51. The predicted molar refractivity (Wildman–Crippen MR) is 100 cm³/mol. The first-order valence-corrected chi connectivity index (χ1v) is 9.30. The summed E-state index contributed by atoms with van der Waals surface area (Å²) in [4.78, 5) is 12.9. The number of hydrogen-bond acceptors (Lipinski definition) is 3. The molecule has 0 aliphatic carbocycles. The normalized spacial score (nSPS) is 19.3. The van der Waals surface area contributed by atoms with Gasteiger partial charge in [-0.1, -0.05) is 6.07 Å². The molecule has 0 N–H and O–H groups in total. The Morgan fingerprint density at radius 3 is 2.39 bits per heavy atom. The van der Waals surface area contributed by atoms with Crippen molar-refractivity contribution in [2.75, 3.05) is 13.2 Å². The molecule has 0 spiro atoms. The number of halogens is 5. The van der Waals surface area contributed by atoms with Gasteiger partial charge in [0.25, 0.3) is 0 Å². The van der Waals surface area contributed by atoms with Gasteiger partial charge in [-0.15, -0.1) is 0 Å². The zero-order valence-electron chi connectivity index (χ0n) is 16.2. The van der Waals surface area contributed by atoms with Crippen LogP contribution >= 0.6 is 0 Å². The highest BCUT2D eigenvalue weighted by molar-refractivity contribution is 5.38. The second-order valence-corrected chi connectivity index (χ2v) is 7.23. The summed E-state index contributed by atoms with van der Waals surface area (Å²) in [5.74, 6) is -1.46. The maximum atomic E-state index is 14.3. The molecule has 0 unspecified atom stereocenters. The van der Waals surface area contributed by atoms with Crippen molar-refractivity contribution < 1.29 is 31.4 Å². The summed E-state index contributed by atoms with van der Waals surface area (Å²) in [6.07, 6.45) is -1.46. The maximum absolute atomic E-state index is 14.3. The highest BCUT2D eigenvalue weighted by atomic mass is 19.4. The van der Waals surface area contributed by atoms with Gasteiger partial charge >= 0.3 is 11.9 Å². The van der Waals surface area contributed by atoms with Gasteiger partial charge in [0.05, 0.1) is 18.3 Å². The van der Waals surface area contributed by atoms with E-state index >= 15 is 0 Å². The Balaban J connectivity index is 1.58. The third-order valence-corrected chi connectivity index (χ3v) is 5.26. The van der Waals surface area contributed by atoms with Crippen LogP contribution in [-0.4, -0.2) is 28.5 Å². The number of hydrogen-bond donors (Lipinski definition) is 0. The van der Waals surface area contributed by atoms with E-state index in [1.165, 1.54) is 51.9 Å². The molecule has 3 aromatic rings. The molecule has 2 aromatic carbocycles. The van der Waals surface area contributed by atoms with Gasteiger partial charge in [0.15, 0.2) is 6.61 Å². The van der Waals surface area contributed by atoms with Crippen LogP contribution in [0.3, 0.4) is 0 Å². The number of imidazole rings is 1. The van der Waals surface area contributed by atoms with E-state index in [1.54, 1.807) is 6.92 Å². The lowest BCUT2D eigenvalue weighted by molar-refractivity contribution is -0.153. The molecule has 1 aliphatic heterocycles. The molecule has 10 heteroatoms. The molecule has 31 heavy (non-hydrogen) atoms. The molecule has 2 atom stereocenters. The van der Waals surface area contributed by atoms with Crippen LogP contribution < -0.4 is 10.4 Å². The molecule has 1 fully saturated rings. The average molecular weight is 440 g/mol. The minimum atomic E-state index is -4.45. The summed E-state index contributed by atoms with van der Waals surface area (Å²) in [5.41, 5.74) is -0.974. The van der Waals surface area contributed by atoms with E-state index in [-0.39, 0.29) is 17.9 Å². The highest BCUT2D eigenvalue weighted by Gasteiger charge is 2.54. The Morgan fingerprint density at radius 1 is 1.13 bits per heavy atom. The molecule has 0 radical (unpaired) electrons. The van der Waals surface area contributed by atoms with Gasteiger partial charge in [-0.2, -0.15) is 13.2 Å². The van der Waals surface area contributed by atoms with Gasteiger partial charge in [0.1, 0.15) is 23.0 Å². The highest BCUT2D eigenvalue weighted by Crippen LogP contribution is 2.48. The summed E-state index contributed by atoms with van der Waals surface area (Å²) >= 11 is 0. The SMILES string of the molecule is C[C@@H](n1ccn(-c2ccc(OCC(F)(F)F)cc2)c1=O)[C@@]1(c2ccc(F)cc2F)CO1. The van der Waals surface area contributed by atoms with Gasteiger partial charge in [-0.25, -0.2) is 13.6 Å². The second-order valence-electron chi connectivity index (χ2n) is 7.23. The fraction of sp³-hybridized carbons (Fsp3) is 0.286. The number of epoxide rings is 1. The first-order chi connectivity index (χ1) is 14.6. The number of rotatable bonds is 6. The predicted octanol–water partition coefficient (Wildman–Crippen LogP) is 4.35. The van der Waals surface area contributed by atoms with E-state index in [4.69, 9.17) is 4.74 Å². The molecule has 4 rings (SSSR count). The Labute approximate surface area is 173 Å². The molecular formula is C21H17F5N2O3. The van der Waals surface area contributed by atoms with Gasteiger partial charge in [-0.05, 0) is 37.3 Å². The van der Waals surface area contributed by atoms with Crippen LogP contribution in [0.5, 0.6) is 5.75 Å². The van der Waals surface area contributed by atoms with E-state index in [0.717, 1.165) is 12.1 Å². The van der Waals surface area contributed by atoms with Gasteiger partial charge in [-0.3, -0.25) is 9.13 Å². The van der Waals surface area contributed by atoms with Crippen LogP contribution in [0.2, 0.25) is 0 Å². The standard InChI is InChI=1S/C21H17F5N2O3/c1-13(20(11-31-20)17-7-2-14(22)10-18(17)23)27-8-9-28(19(27)29)15-3-5-16(6-4-15)30-12-21(24,25)26/h2-10,13H,11-12H2,1H3/t13-,20-/m1/s1. The van der Waals surface area contributed by atoms with Crippen molar-refractivity contribution in [3.8, 4) is 11.4 Å². The topological polar surface area (TPSA) is 48.7 Å². The largest absolute Gasteiger partial charge is 0.484 e. The van der Waals surface area contributed by atoms with Crippen molar-refractivity contribution in [3.63, 3.8) is 0 Å². The summed E-state index contributed by atoms with van der Waals surface area (Å²) in [6, 6.07) is 8.15. The number of alkyl halides is 3. The van der Waals surface area contributed by atoms with E-state index in [2.05, 4.69) is 4.74 Å². The third kappa shape index (κ3) is 4.07. The molecule has 1 aliphatic rings. The number of benzene rings is 2. The van der Waals surface area contributed by atoms with Gasteiger partial charge in [0.2, 0.25) is 0 Å². The van der Waals surface area contributed by atoms with Crippen LogP contribution in [0, 0.1) is 11.6 Å². The second kappa shape index (κ2) is 7.52. The minimum Gasteiger partial charge on any atom is -0.484 e. The van der Waals surface area contributed by atoms with Crippen molar-refractivity contribution in [1.29, 1.82) is 0 Å². The lowest BCUT2D eigenvalue weighted by atomic mass is 9.92. The Kier molecular flexibility index (Phi) is 5.12. The van der Waals surface area contributed by atoms with Crippen molar-refractivity contribution in [1.82, 2.24) is 9.13 Å². The van der Waals surface area contributed by atoms with Crippen molar-refractivity contribution in [2.24, 2.45) is 0 Å². The van der Waals surface area contributed by atoms with E-state index in [1.807, 2.05) is 0 Å². The number of aromatic nitrogens is 2. The molecule has 2 heterocycles. The maximum Gasteiger partial charge on any atom is 0.422 e. The first kappa shape index (κ1) is 21.1. The van der Waals surface area contributed by atoms with E-state index in [0.29, 0.717) is 5.69 Å². The zero-order chi connectivity index (χ0) is 22.4.